The number of carbonyl (C=O) groups is 2. The predicted molar refractivity (Wildman–Crippen MR) is 87.8 cm³/mol. The van der Waals surface area contributed by atoms with Gasteiger partial charge in [0.05, 0.1) is 36.5 Å². The van der Waals surface area contributed by atoms with Crippen molar-refractivity contribution in [1.82, 2.24) is 9.55 Å². The fraction of sp³-hybridized carbons (Fsp3) is 0.188. The molecule has 0 saturated heterocycles. The Morgan fingerprint density at radius 1 is 1.46 bits per heavy atom. The van der Waals surface area contributed by atoms with Crippen molar-refractivity contribution >= 4 is 34.3 Å². The first-order valence-corrected chi connectivity index (χ1v) is 7.26. The molecule has 0 bridgehead atoms. The fourth-order valence-electron chi connectivity index (χ4n) is 2.56. The van der Waals surface area contributed by atoms with Gasteiger partial charge in [0.1, 0.15) is 11.9 Å². The van der Waals surface area contributed by atoms with Crippen molar-refractivity contribution in [1.29, 1.82) is 0 Å². The van der Waals surface area contributed by atoms with Crippen LogP contribution in [-0.4, -0.2) is 28.5 Å². The Bertz CT molecular complexity index is 912. The molecule has 3 heterocycles. The number of furan rings is 1. The molecule has 0 spiro atoms. The molecule has 0 atom stereocenters. The second kappa shape index (κ2) is 6.07. The summed E-state index contributed by atoms with van der Waals surface area (Å²) in [5.41, 5.74) is 7.63. The normalized spacial score (nSPS) is 10.8. The van der Waals surface area contributed by atoms with E-state index in [2.05, 4.69) is 10.3 Å². The van der Waals surface area contributed by atoms with Gasteiger partial charge in [0.15, 0.2) is 5.69 Å². The van der Waals surface area contributed by atoms with Crippen molar-refractivity contribution in [2.45, 2.75) is 13.5 Å². The molecule has 0 radical (unpaired) electrons. The van der Waals surface area contributed by atoms with Gasteiger partial charge in [-0.2, -0.15) is 0 Å². The smallest absolute Gasteiger partial charge is 0.356 e. The van der Waals surface area contributed by atoms with Crippen LogP contribution in [0.2, 0.25) is 0 Å². The molecular weight excluding hydrogens is 312 g/mol. The average molecular weight is 328 g/mol. The van der Waals surface area contributed by atoms with Crippen molar-refractivity contribution in [2.75, 3.05) is 18.2 Å². The monoisotopic (exact) mass is 328 g/mol. The molecule has 0 unspecified atom stereocenters. The van der Waals surface area contributed by atoms with Gasteiger partial charge in [0.2, 0.25) is 0 Å². The van der Waals surface area contributed by atoms with Gasteiger partial charge in [0.25, 0.3) is 5.91 Å². The van der Waals surface area contributed by atoms with E-state index in [1.807, 2.05) is 6.92 Å². The second-order valence-corrected chi connectivity index (χ2v) is 5.07. The summed E-state index contributed by atoms with van der Waals surface area (Å²) in [5.74, 6) is -0.984. The number of methoxy groups -OCH3 is 1. The summed E-state index contributed by atoms with van der Waals surface area (Å²) in [6.45, 7) is 2.34. The van der Waals surface area contributed by atoms with Crippen LogP contribution < -0.4 is 11.1 Å². The molecule has 1 amide bonds. The summed E-state index contributed by atoms with van der Waals surface area (Å²) in [4.78, 5) is 28.9. The molecule has 3 aromatic rings. The Kier molecular flexibility index (Phi) is 3.95. The number of esters is 1. The Morgan fingerprint density at radius 3 is 2.88 bits per heavy atom. The van der Waals surface area contributed by atoms with Crippen LogP contribution in [0, 0.1) is 0 Å². The Labute approximate surface area is 137 Å². The lowest BCUT2D eigenvalue weighted by atomic mass is 10.2. The molecule has 0 aliphatic carbocycles. The van der Waals surface area contributed by atoms with Crippen LogP contribution >= 0.6 is 0 Å². The highest BCUT2D eigenvalue weighted by Gasteiger charge is 2.25. The first-order valence-electron chi connectivity index (χ1n) is 7.26. The van der Waals surface area contributed by atoms with E-state index in [-0.39, 0.29) is 5.69 Å². The highest BCUT2D eigenvalue weighted by atomic mass is 16.5. The van der Waals surface area contributed by atoms with Crippen LogP contribution in [0.25, 0.3) is 11.0 Å². The molecule has 0 saturated carbocycles. The number of carbonyl (C=O) groups excluding carboxylic acids is 2. The number of aromatic nitrogens is 2. The fourth-order valence-corrected chi connectivity index (χ4v) is 2.56. The molecule has 3 aromatic heterocycles. The standard InChI is InChI=1S/C16H16N4O4/c1-3-20-13(16(22)23-2)12(11-6-10(17)7-18-14(11)20)19-15(21)9-4-5-24-8-9/h4-8H,3,17H2,1-2H3,(H,19,21). The topological polar surface area (TPSA) is 112 Å². The lowest BCUT2D eigenvalue weighted by Crippen LogP contribution is -2.16. The summed E-state index contributed by atoms with van der Waals surface area (Å²) in [7, 11) is 1.28. The third-order valence-corrected chi connectivity index (χ3v) is 3.64. The van der Waals surface area contributed by atoms with Crippen molar-refractivity contribution in [2.24, 2.45) is 0 Å². The lowest BCUT2D eigenvalue weighted by molar-refractivity contribution is 0.0590. The van der Waals surface area contributed by atoms with E-state index in [9.17, 15) is 9.59 Å². The van der Waals surface area contributed by atoms with Gasteiger partial charge in [-0.15, -0.1) is 0 Å². The number of nitrogens with one attached hydrogen (secondary N) is 1. The molecule has 0 fully saturated rings. The number of hydrogen-bond acceptors (Lipinski definition) is 6. The molecular formula is C16H16N4O4. The van der Waals surface area contributed by atoms with Crippen LogP contribution in [0.4, 0.5) is 11.4 Å². The number of nitrogen functional groups attached to an aromatic ring is 1. The minimum atomic E-state index is -0.573. The maximum Gasteiger partial charge on any atom is 0.356 e. The number of amides is 1. The zero-order chi connectivity index (χ0) is 17.3. The number of hydrogen-bond donors (Lipinski definition) is 2. The van der Waals surface area contributed by atoms with Gasteiger partial charge in [-0.25, -0.2) is 9.78 Å². The largest absolute Gasteiger partial charge is 0.472 e. The molecule has 3 rings (SSSR count). The molecule has 0 aliphatic rings. The van der Waals surface area contributed by atoms with Gasteiger partial charge >= 0.3 is 5.97 Å². The van der Waals surface area contributed by atoms with E-state index in [1.165, 1.54) is 31.9 Å². The number of fused-ring (bicyclic) bond motifs is 1. The second-order valence-electron chi connectivity index (χ2n) is 5.07. The van der Waals surface area contributed by atoms with E-state index in [4.69, 9.17) is 14.9 Å². The number of pyridine rings is 1. The maximum atomic E-state index is 12.4. The first-order chi connectivity index (χ1) is 11.6. The summed E-state index contributed by atoms with van der Waals surface area (Å²) < 4.78 is 11.5. The van der Waals surface area contributed by atoms with E-state index in [0.717, 1.165) is 0 Å². The number of nitrogens with two attached hydrogens (primary N) is 1. The van der Waals surface area contributed by atoms with Gasteiger partial charge in [-0.05, 0) is 19.1 Å². The number of anilines is 2. The number of rotatable bonds is 4. The number of ether oxygens (including phenoxy) is 1. The first kappa shape index (κ1) is 15.6. The SMILES string of the molecule is CCn1c(C(=O)OC)c(NC(=O)c2ccoc2)c2cc(N)cnc21. The van der Waals surface area contributed by atoms with Crippen LogP contribution in [0.3, 0.4) is 0 Å². The summed E-state index contributed by atoms with van der Waals surface area (Å²) in [5, 5.41) is 3.30. The van der Waals surface area contributed by atoms with Gasteiger partial charge < -0.3 is 24.8 Å². The van der Waals surface area contributed by atoms with Crippen molar-refractivity contribution < 1.29 is 18.7 Å². The summed E-state index contributed by atoms with van der Waals surface area (Å²) >= 11 is 0. The number of aryl methyl sites for hydroxylation is 1. The van der Waals surface area contributed by atoms with E-state index in [0.29, 0.717) is 34.5 Å². The predicted octanol–water partition coefficient (Wildman–Crippen LogP) is 2.27. The third-order valence-electron chi connectivity index (χ3n) is 3.64. The highest BCUT2D eigenvalue weighted by molar-refractivity contribution is 6.14. The quantitative estimate of drug-likeness (QED) is 0.710. The summed E-state index contributed by atoms with van der Waals surface area (Å²) in [6.07, 6.45) is 4.21. The lowest BCUT2D eigenvalue weighted by Gasteiger charge is -2.08. The Balaban J connectivity index is 2.21. The van der Waals surface area contributed by atoms with Crippen LogP contribution in [-0.2, 0) is 11.3 Å². The minimum Gasteiger partial charge on any atom is -0.472 e. The number of nitrogens with zero attached hydrogens (tertiary/aromatic N) is 2. The molecule has 3 N–H and O–H groups in total. The Hall–Kier alpha value is -3.29. The van der Waals surface area contributed by atoms with Crippen molar-refractivity contribution in [3.8, 4) is 0 Å². The molecule has 0 aromatic carbocycles. The molecule has 0 aliphatic heterocycles. The average Bonchev–Trinajstić information content (AvgIpc) is 3.20. The highest BCUT2D eigenvalue weighted by Crippen LogP contribution is 2.32. The van der Waals surface area contributed by atoms with Crippen molar-refractivity contribution in [3.63, 3.8) is 0 Å². The summed E-state index contributed by atoms with van der Waals surface area (Å²) in [6, 6.07) is 3.19. The van der Waals surface area contributed by atoms with E-state index < -0.39 is 11.9 Å². The van der Waals surface area contributed by atoms with Crippen LogP contribution in [0.1, 0.15) is 27.8 Å². The molecule has 8 nitrogen and oxygen atoms in total. The van der Waals surface area contributed by atoms with Gasteiger partial charge in [-0.3, -0.25) is 4.79 Å². The molecule has 124 valence electrons. The Morgan fingerprint density at radius 2 is 2.25 bits per heavy atom. The van der Waals surface area contributed by atoms with Crippen molar-refractivity contribution in [3.05, 3.63) is 42.1 Å². The van der Waals surface area contributed by atoms with Crippen LogP contribution in [0.5, 0.6) is 0 Å². The zero-order valence-corrected chi connectivity index (χ0v) is 13.2. The maximum absolute atomic E-state index is 12.4. The molecule has 24 heavy (non-hydrogen) atoms. The third kappa shape index (κ3) is 2.47. The zero-order valence-electron chi connectivity index (χ0n) is 13.2. The van der Waals surface area contributed by atoms with Gasteiger partial charge in [-0.1, -0.05) is 0 Å². The van der Waals surface area contributed by atoms with Gasteiger partial charge in [0, 0.05) is 11.9 Å². The van der Waals surface area contributed by atoms with E-state index >= 15 is 0 Å². The molecule has 8 heteroatoms. The van der Waals surface area contributed by atoms with Crippen LogP contribution in [0.15, 0.2) is 35.3 Å². The van der Waals surface area contributed by atoms with E-state index in [1.54, 1.807) is 10.6 Å². The minimum absolute atomic E-state index is 0.213.